The molecule has 3 heterocycles. The summed E-state index contributed by atoms with van der Waals surface area (Å²) in [4.78, 5) is 40.8. The van der Waals surface area contributed by atoms with Crippen LogP contribution in [-0.4, -0.2) is 45.2 Å². The molecule has 1 N–H and O–H groups in total. The number of amides is 1. The smallest absolute Gasteiger partial charge is 0.326 e. The number of nitrogens with one attached hydrogen (secondary N) is 1. The average Bonchev–Trinajstić information content (AvgIpc) is 3.35. The highest BCUT2D eigenvalue weighted by Gasteiger charge is 2.32. The molecule has 1 aromatic heterocycles. The molecule has 5 rings (SSSR count). The molecule has 10 heteroatoms. The van der Waals surface area contributed by atoms with Crippen LogP contribution in [0.3, 0.4) is 0 Å². The van der Waals surface area contributed by atoms with E-state index in [1.807, 2.05) is 24.3 Å². The molecule has 2 aliphatic heterocycles. The number of H-pyrrole nitrogens is 1. The standard InChI is InChI=1S/C20H18N4O6/c25-19(13-9-17-18(30-11-29-17)10-16(13)24(27)28)22-7-5-12(6-8-22)23-15-4-2-1-3-14(15)21-20(23)26/h1-4,9-10,12H,5-8,11H2,(H,21,26). The summed E-state index contributed by atoms with van der Waals surface area (Å²) in [6.45, 7) is 0.747. The van der Waals surface area contributed by atoms with E-state index in [4.69, 9.17) is 9.47 Å². The number of aromatic amines is 1. The van der Waals surface area contributed by atoms with Gasteiger partial charge in [-0.15, -0.1) is 0 Å². The van der Waals surface area contributed by atoms with E-state index in [1.54, 1.807) is 9.47 Å². The summed E-state index contributed by atoms with van der Waals surface area (Å²) in [5.74, 6) is 0.157. The van der Waals surface area contributed by atoms with Gasteiger partial charge in [-0.3, -0.25) is 19.5 Å². The summed E-state index contributed by atoms with van der Waals surface area (Å²) in [6, 6.07) is 10.0. The SMILES string of the molecule is O=C(c1cc2c(cc1[N+](=O)[O-])OCO2)N1CCC(n2c(=O)[nH]c3ccccc32)CC1. The van der Waals surface area contributed by atoms with E-state index >= 15 is 0 Å². The van der Waals surface area contributed by atoms with E-state index in [1.165, 1.54) is 12.1 Å². The van der Waals surface area contributed by atoms with Crippen molar-refractivity contribution < 1.29 is 19.2 Å². The fraction of sp³-hybridized carbons (Fsp3) is 0.300. The number of benzene rings is 2. The molecule has 0 aliphatic carbocycles. The molecule has 30 heavy (non-hydrogen) atoms. The topological polar surface area (TPSA) is 120 Å². The number of nitrogens with zero attached hydrogens (tertiary/aromatic N) is 3. The second kappa shape index (κ2) is 6.90. The first kappa shape index (κ1) is 18.2. The maximum atomic E-state index is 13.0. The van der Waals surface area contributed by atoms with Crippen molar-refractivity contribution in [2.75, 3.05) is 19.9 Å². The van der Waals surface area contributed by atoms with Crippen molar-refractivity contribution in [3.8, 4) is 11.5 Å². The Bertz CT molecular complexity index is 1220. The van der Waals surface area contributed by atoms with Crippen molar-refractivity contribution in [3.05, 3.63) is 62.6 Å². The second-order valence-electron chi connectivity index (χ2n) is 7.32. The molecule has 1 fully saturated rings. The highest BCUT2D eigenvalue weighted by Crippen LogP contribution is 2.38. The zero-order chi connectivity index (χ0) is 20.8. The predicted molar refractivity (Wildman–Crippen MR) is 106 cm³/mol. The quantitative estimate of drug-likeness (QED) is 0.523. The molecule has 2 aromatic carbocycles. The normalized spacial score (nSPS) is 16.2. The lowest BCUT2D eigenvalue weighted by Gasteiger charge is -2.32. The van der Waals surface area contributed by atoms with Crippen molar-refractivity contribution >= 4 is 22.6 Å². The molecule has 154 valence electrons. The Morgan fingerprint density at radius 3 is 2.57 bits per heavy atom. The summed E-state index contributed by atoms with van der Waals surface area (Å²) in [5, 5.41) is 11.5. The minimum Gasteiger partial charge on any atom is -0.454 e. The molecule has 10 nitrogen and oxygen atoms in total. The minimum absolute atomic E-state index is 0.0213. The van der Waals surface area contributed by atoms with Crippen molar-refractivity contribution in [1.29, 1.82) is 0 Å². The Morgan fingerprint density at radius 1 is 1.13 bits per heavy atom. The number of aromatic nitrogens is 2. The Hall–Kier alpha value is -3.82. The number of carbonyl (C=O) groups excluding carboxylic acids is 1. The molecule has 0 spiro atoms. The molecule has 0 radical (unpaired) electrons. The Balaban J connectivity index is 1.38. The molecule has 3 aromatic rings. The highest BCUT2D eigenvalue weighted by atomic mass is 16.7. The van der Waals surface area contributed by atoms with Crippen LogP contribution in [0.2, 0.25) is 0 Å². The molecule has 1 amide bonds. The van der Waals surface area contributed by atoms with Gasteiger partial charge in [-0.05, 0) is 25.0 Å². The molecule has 1 saturated heterocycles. The van der Waals surface area contributed by atoms with Crippen LogP contribution in [0, 0.1) is 10.1 Å². The van der Waals surface area contributed by atoms with E-state index in [0.717, 1.165) is 11.0 Å². The summed E-state index contributed by atoms with van der Waals surface area (Å²) in [6.07, 6.45) is 1.15. The van der Waals surface area contributed by atoms with Crippen LogP contribution in [0.5, 0.6) is 11.5 Å². The molecule has 2 aliphatic rings. The molecular formula is C20H18N4O6. The lowest BCUT2D eigenvalue weighted by molar-refractivity contribution is -0.385. The number of imidazole rings is 1. The highest BCUT2D eigenvalue weighted by molar-refractivity contribution is 5.99. The number of rotatable bonds is 3. The van der Waals surface area contributed by atoms with Gasteiger partial charge in [-0.2, -0.15) is 0 Å². The Morgan fingerprint density at radius 2 is 1.83 bits per heavy atom. The lowest BCUT2D eigenvalue weighted by Crippen LogP contribution is -2.40. The maximum Gasteiger partial charge on any atom is 0.326 e. The largest absolute Gasteiger partial charge is 0.454 e. The van der Waals surface area contributed by atoms with Gasteiger partial charge in [-0.1, -0.05) is 12.1 Å². The van der Waals surface area contributed by atoms with E-state index in [0.29, 0.717) is 31.7 Å². The zero-order valence-corrected chi connectivity index (χ0v) is 15.9. The van der Waals surface area contributed by atoms with E-state index < -0.39 is 10.8 Å². The summed E-state index contributed by atoms with van der Waals surface area (Å²) < 4.78 is 12.2. The number of nitro benzene ring substituents is 1. The van der Waals surface area contributed by atoms with Gasteiger partial charge in [-0.25, -0.2) is 4.79 Å². The first-order valence-corrected chi connectivity index (χ1v) is 9.59. The van der Waals surface area contributed by atoms with Crippen LogP contribution in [0.1, 0.15) is 29.2 Å². The van der Waals surface area contributed by atoms with Gasteiger partial charge in [0.15, 0.2) is 11.5 Å². The fourth-order valence-electron chi connectivity index (χ4n) is 4.19. The van der Waals surface area contributed by atoms with Gasteiger partial charge in [0.2, 0.25) is 6.79 Å². The van der Waals surface area contributed by atoms with Gasteiger partial charge in [0.25, 0.3) is 11.6 Å². The number of nitro groups is 1. The van der Waals surface area contributed by atoms with Crippen LogP contribution in [-0.2, 0) is 0 Å². The van der Waals surface area contributed by atoms with Gasteiger partial charge >= 0.3 is 5.69 Å². The van der Waals surface area contributed by atoms with Crippen molar-refractivity contribution in [2.45, 2.75) is 18.9 Å². The minimum atomic E-state index is -0.590. The fourth-order valence-corrected chi connectivity index (χ4v) is 4.19. The predicted octanol–water partition coefficient (Wildman–Crippen LogP) is 2.44. The number of hydrogen-bond acceptors (Lipinski definition) is 6. The first-order chi connectivity index (χ1) is 14.5. The maximum absolute atomic E-state index is 13.0. The Labute approximate surface area is 169 Å². The van der Waals surface area contributed by atoms with Crippen LogP contribution in [0.25, 0.3) is 11.0 Å². The van der Waals surface area contributed by atoms with Gasteiger partial charge in [0.1, 0.15) is 5.56 Å². The number of fused-ring (bicyclic) bond motifs is 2. The molecule has 0 saturated carbocycles. The van der Waals surface area contributed by atoms with Crippen LogP contribution in [0.4, 0.5) is 5.69 Å². The third kappa shape index (κ3) is 2.88. The van der Waals surface area contributed by atoms with Crippen molar-refractivity contribution in [2.24, 2.45) is 0 Å². The number of carbonyl (C=O) groups is 1. The molecule has 0 atom stereocenters. The first-order valence-electron chi connectivity index (χ1n) is 9.59. The van der Waals surface area contributed by atoms with E-state index in [9.17, 15) is 19.7 Å². The van der Waals surface area contributed by atoms with Gasteiger partial charge < -0.3 is 19.4 Å². The third-order valence-corrected chi connectivity index (χ3v) is 5.66. The van der Waals surface area contributed by atoms with E-state index in [-0.39, 0.29) is 35.5 Å². The average molecular weight is 410 g/mol. The number of hydrogen-bond donors (Lipinski definition) is 1. The number of piperidine rings is 1. The van der Waals surface area contributed by atoms with Crippen molar-refractivity contribution in [3.63, 3.8) is 0 Å². The number of ether oxygens (including phenoxy) is 2. The summed E-state index contributed by atoms with van der Waals surface area (Å²) >= 11 is 0. The van der Waals surface area contributed by atoms with Crippen LogP contribution < -0.4 is 15.2 Å². The zero-order valence-electron chi connectivity index (χ0n) is 15.9. The molecule has 0 unspecified atom stereocenters. The second-order valence-corrected chi connectivity index (χ2v) is 7.32. The summed E-state index contributed by atoms with van der Waals surface area (Å²) in [7, 11) is 0. The lowest BCUT2D eigenvalue weighted by atomic mass is 10.0. The van der Waals surface area contributed by atoms with Gasteiger partial charge in [0, 0.05) is 25.2 Å². The Kier molecular flexibility index (Phi) is 4.19. The number of para-hydroxylation sites is 2. The summed E-state index contributed by atoms with van der Waals surface area (Å²) in [5.41, 5.74) is 1.11. The molecule has 0 bridgehead atoms. The third-order valence-electron chi connectivity index (χ3n) is 5.66. The van der Waals surface area contributed by atoms with Crippen LogP contribution in [0.15, 0.2) is 41.2 Å². The van der Waals surface area contributed by atoms with Crippen LogP contribution >= 0.6 is 0 Å². The van der Waals surface area contributed by atoms with E-state index in [2.05, 4.69) is 4.98 Å². The molecular weight excluding hydrogens is 392 g/mol. The number of likely N-dealkylation sites (tertiary alicyclic amines) is 1. The monoisotopic (exact) mass is 410 g/mol. The van der Waals surface area contributed by atoms with Gasteiger partial charge in [0.05, 0.1) is 22.0 Å². The van der Waals surface area contributed by atoms with Crippen molar-refractivity contribution in [1.82, 2.24) is 14.5 Å².